The Bertz CT molecular complexity index is 208. The van der Waals surface area contributed by atoms with Crippen LogP contribution in [0.2, 0.25) is 0 Å². The zero-order valence-corrected chi connectivity index (χ0v) is 8.61. The third-order valence-electron chi connectivity index (χ3n) is 1.60. The molecule has 0 aromatic carbocycles. The molecule has 0 bridgehead atoms. The van der Waals surface area contributed by atoms with E-state index in [4.69, 9.17) is 0 Å². The molecule has 0 fully saturated rings. The third kappa shape index (κ3) is 2.85. The Morgan fingerprint density at radius 3 is 2.92 bits per heavy atom. The molecule has 0 aliphatic carbocycles. The van der Waals surface area contributed by atoms with Crippen molar-refractivity contribution < 1.29 is 0 Å². The largest absolute Gasteiger partial charge is 0.366 e. The van der Waals surface area contributed by atoms with E-state index < -0.39 is 0 Å². The zero-order valence-electron chi connectivity index (χ0n) is 7.79. The van der Waals surface area contributed by atoms with Gasteiger partial charge in [-0.05, 0) is 44.7 Å². The number of nitrogens with zero attached hydrogens (tertiary/aromatic N) is 2. The Morgan fingerprint density at radius 2 is 2.25 bits per heavy atom. The second-order valence-corrected chi connectivity index (χ2v) is 4.02. The summed E-state index contributed by atoms with van der Waals surface area (Å²) in [6, 6.07) is 0.428. The second-order valence-electron chi connectivity index (χ2n) is 3.19. The molecule has 0 aromatic rings. The predicted octanol–water partition coefficient (Wildman–Crippen LogP) is 2.72. The van der Waals surface area contributed by atoms with E-state index in [-0.39, 0.29) is 0 Å². The molecule has 0 saturated carbocycles. The standard InChI is InChI=1S/C8H15N3S/c1-6(2)9-8-7(3)4-5-12-11-10-8/h6,9H,4-5H2,1-3H3. The lowest BCUT2D eigenvalue weighted by Crippen LogP contribution is -2.21. The van der Waals surface area contributed by atoms with E-state index >= 15 is 0 Å². The van der Waals surface area contributed by atoms with Gasteiger partial charge in [0.2, 0.25) is 0 Å². The summed E-state index contributed by atoms with van der Waals surface area (Å²) < 4.78 is 3.98. The number of hydrogen-bond donors (Lipinski definition) is 1. The van der Waals surface area contributed by atoms with Crippen LogP contribution < -0.4 is 5.32 Å². The topological polar surface area (TPSA) is 36.8 Å². The number of rotatable bonds is 2. The van der Waals surface area contributed by atoms with Gasteiger partial charge in [-0.3, -0.25) is 0 Å². The average molecular weight is 185 g/mol. The van der Waals surface area contributed by atoms with Gasteiger partial charge < -0.3 is 5.32 Å². The zero-order chi connectivity index (χ0) is 8.97. The lowest BCUT2D eigenvalue weighted by molar-refractivity contribution is 0.649. The second kappa shape index (κ2) is 4.50. The first kappa shape index (κ1) is 9.58. The van der Waals surface area contributed by atoms with E-state index in [1.54, 1.807) is 0 Å². The molecule has 0 atom stereocenters. The van der Waals surface area contributed by atoms with Crippen molar-refractivity contribution in [3.63, 3.8) is 0 Å². The van der Waals surface area contributed by atoms with Gasteiger partial charge in [0.1, 0.15) is 5.82 Å². The molecule has 0 radical (unpaired) electrons. The fraction of sp³-hybridized carbons (Fsp3) is 0.750. The Morgan fingerprint density at radius 1 is 1.50 bits per heavy atom. The first-order valence-corrected chi connectivity index (χ1v) is 5.13. The van der Waals surface area contributed by atoms with Crippen molar-refractivity contribution in [2.45, 2.75) is 33.2 Å². The summed E-state index contributed by atoms with van der Waals surface area (Å²) in [5.41, 5.74) is 1.30. The minimum absolute atomic E-state index is 0.428. The molecule has 12 heavy (non-hydrogen) atoms. The maximum atomic E-state index is 4.10. The Hall–Kier alpha value is -0.510. The minimum atomic E-state index is 0.428. The van der Waals surface area contributed by atoms with Crippen molar-refractivity contribution in [2.75, 3.05) is 5.75 Å². The summed E-state index contributed by atoms with van der Waals surface area (Å²) in [7, 11) is 0. The molecule has 0 amide bonds. The van der Waals surface area contributed by atoms with Crippen LogP contribution in [0.3, 0.4) is 0 Å². The SMILES string of the molecule is CC1=C(NC(C)C)N=NSCC1. The average Bonchev–Trinajstić information content (AvgIpc) is 2.16. The highest BCUT2D eigenvalue weighted by Gasteiger charge is 2.06. The molecule has 1 heterocycles. The van der Waals surface area contributed by atoms with Gasteiger partial charge in [0.05, 0.1) is 0 Å². The normalized spacial score (nSPS) is 18.3. The van der Waals surface area contributed by atoms with Crippen LogP contribution in [0.15, 0.2) is 21.0 Å². The molecule has 1 rings (SSSR count). The van der Waals surface area contributed by atoms with E-state index in [0.29, 0.717) is 6.04 Å². The van der Waals surface area contributed by atoms with Crippen molar-refractivity contribution in [3.8, 4) is 0 Å². The summed E-state index contributed by atoms with van der Waals surface area (Å²) in [5, 5.41) is 7.38. The molecule has 0 saturated heterocycles. The summed E-state index contributed by atoms with van der Waals surface area (Å²) in [4.78, 5) is 0. The fourth-order valence-corrected chi connectivity index (χ4v) is 1.56. The van der Waals surface area contributed by atoms with E-state index in [1.165, 1.54) is 17.5 Å². The van der Waals surface area contributed by atoms with Crippen molar-refractivity contribution in [3.05, 3.63) is 11.4 Å². The molecular formula is C8H15N3S. The monoisotopic (exact) mass is 185 g/mol. The minimum Gasteiger partial charge on any atom is -0.366 e. The highest BCUT2D eigenvalue weighted by atomic mass is 32.2. The van der Waals surface area contributed by atoms with Gasteiger partial charge in [-0.2, -0.15) is 0 Å². The molecule has 1 N–H and O–H groups in total. The van der Waals surface area contributed by atoms with Crippen molar-refractivity contribution in [1.29, 1.82) is 0 Å². The molecule has 68 valence electrons. The Labute approximate surface area is 77.9 Å². The quantitative estimate of drug-likeness (QED) is 0.671. The van der Waals surface area contributed by atoms with Crippen molar-refractivity contribution in [2.24, 2.45) is 9.63 Å². The summed E-state index contributed by atoms with van der Waals surface area (Å²) >= 11 is 1.53. The molecule has 1 aliphatic rings. The summed E-state index contributed by atoms with van der Waals surface area (Å²) in [5.74, 6) is 1.99. The van der Waals surface area contributed by atoms with Crippen LogP contribution in [0.25, 0.3) is 0 Å². The van der Waals surface area contributed by atoms with E-state index in [1.807, 2.05) is 0 Å². The number of hydrogen-bond acceptors (Lipinski definition) is 4. The van der Waals surface area contributed by atoms with Gasteiger partial charge in [0.15, 0.2) is 0 Å². The lowest BCUT2D eigenvalue weighted by atomic mass is 10.2. The van der Waals surface area contributed by atoms with Gasteiger partial charge in [0.25, 0.3) is 0 Å². The van der Waals surface area contributed by atoms with E-state index in [9.17, 15) is 0 Å². The highest BCUT2D eigenvalue weighted by Crippen LogP contribution is 2.19. The third-order valence-corrected chi connectivity index (χ3v) is 2.18. The molecular weight excluding hydrogens is 170 g/mol. The van der Waals surface area contributed by atoms with Gasteiger partial charge in [-0.1, -0.05) is 0 Å². The molecule has 4 heteroatoms. The maximum Gasteiger partial charge on any atom is 0.148 e. The van der Waals surface area contributed by atoms with Crippen LogP contribution in [0, 0.1) is 0 Å². The molecule has 1 aliphatic heterocycles. The van der Waals surface area contributed by atoms with Gasteiger partial charge in [-0.15, -0.1) is 9.63 Å². The summed E-state index contributed by atoms with van der Waals surface area (Å²) in [6.45, 7) is 6.32. The predicted molar refractivity (Wildman–Crippen MR) is 52.9 cm³/mol. The highest BCUT2D eigenvalue weighted by molar-refractivity contribution is 7.97. The van der Waals surface area contributed by atoms with Crippen LogP contribution in [0.4, 0.5) is 0 Å². The van der Waals surface area contributed by atoms with Crippen LogP contribution in [0.1, 0.15) is 27.2 Å². The van der Waals surface area contributed by atoms with Gasteiger partial charge in [-0.25, -0.2) is 0 Å². The van der Waals surface area contributed by atoms with Crippen molar-refractivity contribution in [1.82, 2.24) is 5.32 Å². The number of nitrogens with one attached hydrogen (secondary N) is 1. The Kier molecular flexibility index (Phi) is 3.59. The smallest absolute Gasteiger partial charge is 0.148 e. The Balaban J connectivity index is 2.66. The van der Waals surface area contributed by atoms with Gasteiger partial charge in [0, 0.05) is 11.8 Å². The lowest BCUT2D eigenvalue weighted by Gasteiger charge is -2.10. The molecule has 0 aromatic heterocycles. The van der Waals surface area contributed by atoms with Crippen LogP contribution in [0.5, 0.6) is 0 Å². The van der Waals surface area contributed by atoms with Crippen molar-refractivity contribution >= 4 is 11.9 Å². The van der Waals surface area contributed by atoms with E-state index in [0.717, 1.165) is 18.0 Å². The van der Waals surface area contributed by atoms with Crippen LogP contribution in [-0.4, -0.2) is 11.8 Å². The first-order chi connectivity index (χ1) is 5.70. The van der Waals surface area contributed by atoms with Crippen LogP contribution >= 0.6 is 11.9 Å². The molecule has 0 unspecified atom stereocenters. The van der Waals surface area contributed by atoms with Gasteiger partial charge >= 0.3 is 0 Å². The van der Waals surface area contributed by atoms with Crippen LogP contribution in [-0.2, 0) is 0 Å². The first-order valence-electron chi connectivity index (χ1n) is 4.19. The maximum absolute atomic E-state index is 4.10. The molecule has 3 nitrogen and oxygen atoms in total. The van der Waals surface area contributed by atoms with E-state index in [2.05, 4.69) is 35.7 Å². The number of allylic oxidation sites excluding steroid dienone is 1. The fourth-order valence-electron chi connectivity index (χ4n) is 0.939. The summed E-state index contributed by atoms with van der Waals surface area (Å²) in [6.07, 6.45) is 1.08. The molecule has 0 spiro atoms.